The molecule has 1 nitrogen and oxygen atoms in total. The molecule has 0 radical (unpaired) electrons. The summed E-state index contributed by atoms with van der Waals surface area (Å²) in [5.74, 6) is 0. The standard InChI is InChI=1S/C42H43NSi2/c1-31-7-19-37(20-8-31)44(38-21-9-32(2)10-22-38,39-23-11-33(3)12-24-39)43-45(40-25-13-34(4)14-26-40,41-27-15-35(5)16-28-41)42-29-17-36(6)18-30-42/h7-30,43H,1-6H3. The van der Waals surface area contributed by atoms with E-state index in [-0.39, 0.29) is 0 Å². The lowest BCUT2D eigenvalue weighted by Gasteiger charge is -2.45. The van der Waals surface area contributed by atoms with E-state index in [2.05, 4.69) is 187 Å². The number of benzene rings is 6. The molecule has 224 valence electrons. The minimum atomic E-state index is -2.91. The fourth-order valence-electron chi connectivity index (χ4n) is 6.54. The second kappa shape index (κ2) is 12.6. The maximum atomic E-state index is 4.77. The molecule has 0 aliphatic carbocycles. The lowest BCUT2D eigenvalue weighted by Crippen LogP contribution is -2.89. The van der Waals surface area contributed by atoms with Crippen molar-refractivity contribution in [3.63, 3.8) is 0 Å². The highest BCUT2D eigenvalue weighted by Gasteiger charge is 2.50. The van der Waals surface area contributed by atoms with Crippen LogP contribution in [0.2, 0.25) is 0 Å². The van der Waals surface area contributed by atoms with Crippen LogP contribution < -0.4 is 35.8 Å². The number of nitrogens with one attached hydrogen (secondary N) is 1. The molecule has 0 unspecified atom stereocenters. The van der Waals surface area contributed by atoms with Gasteiger partial charge in [0, 0.05) is 0 Å². The average molecular weight is 618 g/mol. The van der Waals surface area contributed by atoms with Crippen molar-refractivity contribution in [2.45, 2.75) is 41.5 Å². The highest BCUT2D eigenvalue weighted by molar-refractivity contribution is 7.22. The van der Waals surface area contributed by atoms with Crippen LogP contribution in [0.15, 0.2) is 146 Å². The van der Waals surface area contributed by atoms with Crippen LogP contribution in [0.3, 0.4) is 0 Å². The van der Waals surface area contributed by atoms with Crippen molar-refractivity contribution in [3.05, 3.63) is 179 Å². The van der Waals surface area contributed by atoms with Crippen LogP contribution in [-0.4, -0.2) is 16.5 Å². The lowest BCUT2D eigenvalue weighted by atomic mass is 10.2. The minimum absolute atomic E-state index is 1.27. The summed E-state index contributed by atoms with van der Waals surface area (Å²) < 4.78 is 4.77. The second-order valence-electron chi connectivity index (χ2n) is 12.8. The van der Waals surface area contributed by atoms with Crippen molar-refractivity contribution in [3.8, 4) is 0 Å². The summed E-state index contributed by atoms with van der Waals surface area (Å²) in [6, 6.07) is 56.0. The van der Waals surface area contributed by atoms with Crippen molar-refractivity contribution >= 4 is 47.6 Å². The fraction of sp³-hybridized carbons (Fsp3) is 0.143. The SMILES string of the molecule is Cc1ccc([Si](N[Si](c2ccc(C)cc2)(c2ccc(C)cc2)c2ccc(C)cc2)(c2ccc(C)cc2)c2ccc(C)cc2)cc1. The summed E-state index contributed by atoms with van der Waals surface area (Å²) in [5, 5.41) is 8.19. The van der Waals surface area contributed by atoms with Crippen molar-refractivity contribution in [1.29, 1.82) is 0 Å². The summed E-state index contributed by atoms with van der Waals surface area (Å²) in [6.07, 6.45) is 0. The van der Waals surface area contributed by atoms with Gasteiger partial charge in [0.2, 0.25) is 16.5 Å². The van der Waals surface area contributed by atoms with E-state index in [0.29, 0.717) is 0 Å². The zero-order valence-electron chi connectivity index (χ0n) is 27.4. The molecule has 0 spiro atoms. The Balaban J connectivity index is 1.78. The first-order valence-corrected chi connectivity index (χ1v) is 19.9. The molecule has 45 heavy (non-hydrogen) atoms. The first-order valence-electron chi connectivity index (χ1n) is 15.9. The lowest BCUT2D eigenvalue weighted by molar-refractivity contribution is 1.37. The Kier molecular flexibility index (Phi) is 8.61. The van der Waals surface area contributed by atoms with Crippen molar-refractivity contribution in [2.75, 3.05) is 0 Å². The van der Waals surface area contributed by atoms with Crippen LogP contribution in [0.25, 0.3) is 0 Å². The summed E-state index contributed by atoms with van der Waals surface area (Å²) >= 11 is 0. The Bertz CT molecular complexity index is 1510. The van der Waals surface area contributed by atoms with Gasteiger partial charge >= 0.3 is 0 Å². The fourth-order valence-corrected chi connectivity index (χ4v) is 18.2. The van der Waals surface area contributed by atoms with Gasteiger partial charge in [0.05, 0.1) is 0 Å². The van der Waals surface area contributed by atoms with E-state index in [1.54, 1.807) is 0 Å². The Morgan fingerprint density at radius 1 is 0.244 bits per heavy atom. The van der Waals surface area contributed by atoms with E-state index in [4.69, 9.17) is 4.65 Å². The van der Waals surface area contributed by atoms with Crippen molar-refractivity contribution in [2.24, 2.45) is 0 Å². The van der Waals surface area contributed by atoms with Crippen molar-refractivity contribution in [1.82, 2.24) is 4.65 Å². The van der Waals surface area contributed by atoms with Gasteiger partial charge in [-0.05, 0) is 72.7 Å². The van der Waals surface area contributed by atoms with Crippen LogP contribution in [0.1, 0.15) is 33.4 Å². The van der Waals surface area contributed by atoms with Crippen LogP contribution in [0.4, 0.5) is 0 Å². The predicted molar refractivity (Wildman–Crippen MR) is 200 cm³/mol. The molecular formula is C42H43NSi2. The number of hydrogen-bond donors (Lipinski definition) is 1. The van der Waals surface area contributed by atoms with Crippen LogP contribution in [-0.2, 0) is 0 Å². The number of aryl methyl sites for hydroxylation is 6. The molecule has 6 aromatic rings. The van der Waals surface area contributed by atoms with Gasteiger partial charge in [-0.1, -0.05) is 179 Å². The molecule has 6 aromatic carbocycles. The van der Waals surface area contributed by atoms with Gasteiger partial charge in [-0.25, -0.2) is 0 Å². The third-order valence-electron chi connectivity index (χ3n) is 9.28. The molecule has 0 aliphatic heterocycles. The maximum Gasteiger partial charge on any atom is 0.216 e. The maximum absolute atomic E-state index is 4.77. The summed E-state index contributed by atoms with van der Waals surface area (Å²) in [4.78, 5) is 0. The smallest absolute Gasteiger partial charge is 0.216 e. The highest BCUT2D eigenvalue weighted by Crippen LogP contribution is 2.15. The summed E-state index contributed by atoms with van der Waals surface area (Å²) in [6.45, 7) is 13.1. The van der Waals surface area contributed by atoms with Gasteiger partial charge in [0.25, 0.3) is 0 Å². The van der Waals surface area contributed by atoms with Crippen LogP contribution in [0, 0.1) is 41.5 Å². The molecular weight excluding hydrogens is 575 g/mol. The van der Waals surface area contributed by atoms with E-state index < -0.39 is 16.5 Å². The topological polar surface area (TPSA) is 12.0 Å². The molecule has 3 heteroatoms. The minimum Gasteiger partial charge on any atom is -0.338 e. The third-order valence-corrected chi connectivity index (χ3v) is 19.5. The molecule has 0 heterocycles. The van der Waals surface area contributed by atoms with E-state index in [1.807, 2.05) is 0 Å². The quantitative estimate of drug-likeness (QED) is 0.169. The van der Waals surface area contributed by atoms with Gasteiger partial charge in [0.15, 0.2) is 0 Å². The zero-order valence-corrected chi connectivity index (χ0v) is 29.4. The highest BCUT2D eigenvalue weighted by atomic mass is 28.4. The molecule has 0 atom stereocenters. The Morgan fingerprint density at radius 2 is 0.378 bits per heavy atom. The van der Waals surface area contributed by atoms with Crippen LogP contribution >= 0.6 is 0 Å². The van der Waals surface area contributed by atoms with Gasteiger partial charge in [-0.15, -0.1) is 0 Å². The molecule has 0 saturated carbocycles. The molecule has 0 bridgehead atoms. The molecule has 0 aromatic heterocycles. The zero-order chi connectivity index (χ0) is 31.6. The Hall–Kier alpha value is -4.29. The van der Waals surface area contributed by atoms with E-state index in [9.17, 15) is 0 Å². The summed E-state index contributed by atoms with van der Waals surface area (Å²) in [5.41, 5.74) is 7.63. The first-order chi connectivity index (χ1) is 21.7. The molecule has 6 rings (SSSR count). The van der Waals surface area contributed by atoms with E-state index >= 15 is 0 Å². The van der Waals surface area contributed by atoms with E-state index in [1.165, 1.54) is 64.5 Å². The largest absolute Gasteiger partial charge is 0.338 e. The third kappa shape index (κ3) is 5.92. The molecule has 0 amide bonds. The molecule has 0 saturated heterocycles. The van der Waals surface area contributed by atoms with Gasteiger partial charge in [-0.2, -0.15) is 0 Å². The Labute approximate surface area is 271 Å². The van der Waals surface area contributed by atoms with Gasteiger partial charge < -0.3 is 4.65 Å². The first kappa shape index (κ1) is 30.7. The normalized spacial score (nSPS) is 11.9. The number of hydrogen-bond acceptors (Lipinski definition) is 1. The van der Waals surface area contributed by atoms with Gasteiger partial charge in [0.1, 0.15) is 0 Å². The van der Waals surface area contributed by atoms with Gasteiger partial charge in [-0.3, -0.25) is 0 Å². The average Bonchev–Trinajstić information content (AvgIpc) is 3.05. The number of rotatable bonds is 8. The summed E-state index contributed by atoms with van der Waals surface area (Å²) in [7, 11) is -5.81. The Morgan fingerprint density at radius 3 is 0.511 bits per heavy atom. The van der Waals surface area contributed by atoms with Crippen LogP contribution in [0.5, 0.6) is 0 Å². The second-order valence-corrected chi connectivity index (χ2v) is 20.3. The monoisotopic (exact) mass is 617 g/mol. The predicted octanol–water partition coefficient (Wildman–Crippen LogP) is 5.76. The van der Waals surface area contributed by atoms with E-state index in [0.717, 1.165) is 0 Å². The molecule has 0 aliphatic rings. The van der Waals surface area contributed by atoms with Crippen molar-refractivity contribution < 1.29 is 0 Å². The molecule has 1 N–H and O–H groups in total. The molecule has 0 fully saturated rings.